The predicted molar refractivity (Wildman–Crippen MR) is 224 cm³/mol. The van der Waals surface area contributed by atoms with Gasteiger partial charge in [-0.3, -0.25) is 13.8 Å². The van der Waals surface area contributed by atoms with Gasteiger partial charge in [-0.05, 0) is 134 Å². The van der Waals surface area contributed by atoms with E-state index in [1.54, 1.807) is 0 Å². The maximum Gasteiger partial charge on any atom is 0.407 e. The summed E-state index contributed by atoms with van der Waals surface area (Å²) in [6, 6.07) is 8.52. The Morgan fingerprint density at radius 1 is 0.897 bits per heavy atom. The Kier molecular flexibility index (Phi) is 15.8. The summed E-state index contributed by atoms with van der Waals surface area (Å²) in [6.07, 6.45) is 9.11. The third-order valence-electron chi connectivity index (χ3n) is 14.6. The van der Waals surface area contributed by atoms with Gasteiger partial charge < -0.3 is 30.9 Å². The van der Waals surface area contributed by atoms with Crippen molar-refractivity contribution in [3.8, 4) is 0 Å². The van der Waals surface area contributed by atoms with Gasteiger partial charge in [0.25, 0.3) is 10.1 Å². The summed E-state index contributed by atoms with van der Waals surface area (Å²) < 4.78 is 35.3. The molecule has 0 spiro atoms. The van der Waals surface area contributed by atoms with Gasteiger partial charge >= 0.3 is 6.09 Å². The average molecular weight is 832 g/mol. The fraction of sp³-hybridized carbons (Fsp3) is 0.800. The number of aliphatic hydroxyl groups excluding tert-OH is 2. The van der Waals surface area contributed by atoms with E-state index >= 15 is 0 Å². The first kappa shape index (κ1) is 46.3. The number of hydrogen-bond donors (Lipinski definition) is 5. The summed E-state index contributed by atoms with van der Waals surface area (Å²) in [5.41, 5.74) is 0.812. The van der Waals surface area contributed by atoms with Crippen LogP contribution in [0, 0.1) is 51.8 Å². The summed E-state index contributed by atoms with van der Waals surface area (Å²) in [5.74, 6) is 1.24. The second-order valence-corrected chi connectivity index (χ2v) is 21.7. The molecular weight excluding hydrogens is 759 g/mol. The van der Waals surface area contributed by atoms with Gasteiger partial charge in [0.2, 0.25) is 11.8 Å². The summed E-state index contributed by atoms with van der Waals surface area (Å²) >= 11 is 0. The monoisotopic (exact) mass is 832 g/mol. The van der Waals surface area contributed by atoms with Crippen molar-refractivity contribution in [3.05, 3.63) is 35.9 Å². The molecule has 1 aromatic rings. The predicted octanol–water partition coefficient (Wildman–Crippen LogP) is 6.48. The molecule has 0 saturated heterocycles. The molecule has 5 rings (SSSR count). The highest BCUT2D eigenvalue weighted by Crippen LogP contribution is 2.68. The molecule has 4 fully saturated rings. The molecular formula is C45H73N3O9S. The lowest BCUT2D eigenvalue weighted by molar-refractivity contribution is -0.174. The van der Waals surface area contributed by atoms with Gasteiger partial charge in [0.15, 0.2) is 0 Å². The minimum Gasteiger partial charge on any atom is -0.445 e. The van der Waals surface area contributed by atoms with Gasteiger partial charge in [-0.1, -0.05) is 71.9 Å². The fourth-order valence-corrected chi connectivity index (χ4v) is 12.5. The number of benzene rings is 1. The molecule has 4 aliphatic carbocycles. The van der Waals surface area contributed by atoms with Crippen molar-refractivity contribution in [2.24, 2.45) is 51.8 Å². The minimum atomic E-state index is -3.85. The van der Waals surface area contributed by atoms with E-state index in [9.17, 15) is 33.0 Å². The minimum absolute atomic E-state index is 0.0313. The Hall–Kier alpha value is -2.74. The number of carbonyl (C=O) groups is 3. The Morgan fingerprint density at radius 2 is 1.60 bits per heavy atom. The van der Waals surface area contributed by atoms with E-state index < -0.39 is 28.2 Å². The van der Waals surface area contributed by atoms with Crippen LogP contribution in [0.5, 0.6) is 0 Å². The average Bonchev–Trinajstić information content (AvgIpc) is 3.52. The number of carbonyl (C=O) groups excluding carboxylic acids is 3. The lowest BCUT2D eigenvalue weighted by Crippen LogP contribution is -2.58. The summed E-state index contributed by atoms with van der Waals surface area (Å²) in [5, 5.41) is 30.4. The van der Waals surface area contributed by atoms with Crippen LogP contribution in [-0.2, 0) is 35.2 Å². The van der Waals surface area contributed by atoms with Gasteiger partial charge in [-0.25, -0.2) is 4.79 Å². The summed E-state index contributed by atoms with van der Waals surface area (Å²) in [7, 11) is -3.85. The smallest absolute Gasteiger partial charge is 0.407 e. The molecule has 11 atom stereocenters. The quantitative estimate of drug-likeness (QED) is 0.0818. The number of fused-ring (bicyclic) bond motifs is 5. The van der Waals surface area contributed by atoms with Crippen LogP contribution >= 0.6 is 0 Å². The van der Waals surface area contributed by atoms with E-state index in [0.29, 0.717) is 55.9 Å². The zero-order chi connectivity index (χ0) is 42.3. The molecule has 5 unspecified atom stereocenters. The molecule has 12 nitrogen and oxygen atoms in total. The molecule has 0 bridgehead atoms. The number of alkyl carbamates (subject to hydrolysis) is 1. The molecule has 4 saturated carbocycles. The lowest BCUT2D eigenvalue weighted by Gasteiger charge is -2.62. The van der Waals surface area contributed by atoms with Crippen molar-refractivity contribution in [3.63, 3.8) is 0 Å². The number of hydrogen-bond acceptors (Lipinski definition) is 9. The van der Waals surface area contributed by atoms with Crippen LogP contribution in [0.15, 0.2) is 30.3 Å². The van der Waals surface area contributed by atoms with Gasteiger partial charge in [-0.15, -0.1) is 0 Å². The van der Waals surface area contributed by atoms with E-state index in [0.717, 1.165) is 56.9 Å². The second kappa shape index (κ2) is 19.8. The molecule has 4 aliphatic rings. The van der Waals surface area contributed by atoms with Crippen LogP contribution in [0.3, 0.4) is 0 Å². The zero-order valence-corrected chi connectivity index (χ0v) is 36.8. The summed E-state index contributed by atoms with van der Waals surface area (Å²) in [4.78, 5) is 39.1. The maximum absolute atomic E-state index is 13.5. The van der Waals surface area contributed by atoms with Crippen LogP contribution in [0.25, 0.3) is 0 Å². The largest absolute Gasteiger partial charge is 0.445 e. The highest BCUT2D eigenvalue weighted by atomic mass is 32.2. The van der Waals surface area contributed by atoms with Crippen molar-refractivity contribution in [1.82, 2.24) is 16.0 Å². The molecule has 1 aromatic carbocycles. The molecule has 58 heavy (non-hydrogen) atoms. The standard InChI is InChI=1S/C45H73N3O9S/c1-30(34-16-17-35-40-36(20-22-45(34,35)6)44(5)21-19-33(49)26-32(44)27-38(40)50)15-18-39(51)48-37(41(52)46-24-25-58(54,55)57-29-43(2,3)4)14-10-11-23-47-42(53)56-28-31-12-8-7-9-13-31/h7-9,12-13,30,32-38,40,49-50H,10-11,14-29H2,1-6H3,(H,46,52)(H,47,53)(H,48,51)/t30-,32?,33-,34?,35?,36?,37+,38+,40?,44+,45-/m1/s1. The van der Waals surface area contributed by atoms with E-state index in [1.165, 1.54) is 0 Å². The normalized spacial score (nSPS) is 31.8. The van der Waals surface area contributed by atoms with E-state index in [2.05, 4.69) is 36.7 Å². The van der Waals surface area contributed by atoms with Crippen molar-refractivity contribution in [2.75, 3.05) is 25.4 Å². The van der Waals surface area contributed by atoms with Crippen molar-refractivity contribution in [1.29, 1.82) is 0 Å². The molecule has 3 amide bonds. The van der Waals surface area contributed by atoms with Crippen LogP contribution in [0.4, 0.5) is 4.79 Å². The molecule has 328 valence electrons. The van der Waals surface area contributed by atoms with Crippen LogP contribution in [0.2, 0.25) is 0 Å². The Bertz CT molecular complexity index is 1640. The first-order chi connectivity index (χ1) is 27.3. The van der Waals surface area contributed by atoms with Gasteiger partial charge in [0, 0.05) is 19.5 Å². The van der Waals surface area contributed by atoms with Crippen molar-refractivity contribution < 1.29 is 41.9 Å². The third-order valence-corrected chi connectivity index (χ3v) is 15.8. The Balaban J connectivity index is 1.12. The van der Waals surface area contributed by atoms with Crippen LogP contribution < -0.4 is 16.0 Å². The van der Waals surface area contributed by atoms with Crippen LogP contribution in [0.1, 0.15) is 131 Å². The Labute approximate surface area is 347 Å². The number of amides is 3. The first-order valence-corrected chi connectivity index (χ1v) is 23.6. The topological polar surface area (TPSA) is 180 Å². The van der Waals surface area contributed by atoms with E-state index in [1.807, 2.05) is 51.1 Å². The highest BCUT2D eigenvalue weighted by Gasteiger charge is 2.62. The number of aliphatic hydroxyl groups is 2. The SMILES string of the molecule is C[C@H](CCC(=O)N[C@@H](CCCCNC(=O)OCc1ccccc1)C(=O)NCCS(=O)(=O)OCC(C)(C)C)C1CCC2C3C(CC[C@@]21C)[C@@]1(C)CC[C@@H](O)CC1C[C@@H]3O. The van der Waals surface area contributed by atoms with Crippen molar-refractivity contribution >= 4 is 28.0 Å². The Morgan fingerprint density at radius 3 is 2.33 bits per heavy atom. The molecule has 0 radical (unpaired) electrons. The van der Waals surface area contributed by atoms with E-state index in [4.69, 9.17) is 8.92 Å². The van der Waals surface area contributed by atoms with Gasteiger partial charge in [0.05, 0.1) is 24.6 Å². The molecule has 5 N–H and O–H groups in total. The van der Waals surface area contributed by atoms with Gasteiger partial charge in [-0.2, -0.15) is 8.42 Å². The molecule has 13 heteroatoms. The first-order valence-electron chi connectivity index (χ1n) is 22.1. The number of rotatable bonds is 18. The maximum atomic E-state index is 13.5. The highest BCUT2D eigenvalue weighted by molar-refractivity contribution is 7.86. The lowest BCUT2D eigenvalue weighted by atomic mass is 9.43. The molecule has 0 heterocycles. The van der Waals surface area contributed by atoms with Crippen molar-refractivity contribution in [2.45, 2.75) is 150 Å². The molecule has 0 aromatic heterocycles. The van der Waals surface area contributed by atoms with E-state index in [-0.39, 0.29) is 78.1 Å². The fourth-order valence-electron chi connectivity index (χ4n) is 11.5. The number of unbranched alkanes of at least 4 members (excludes halogenated alkanes) is 1. The zero-order valence-electron chi connectivity index (χ0n) is 36.0. The van der Waals surface area contributed by atoms with Gasteiger partial charge in [0.1, 0.15) is 12.6 Å². The molecule has 0 aliphatic heterocycles. The second-order valence-electron chi connectivity index (χ2n) is 19.9. The number of nitrogens with one attached hydrogen (secondary N) is 3. The third kappa shape index (κ3) is 12.0. The number of ether oxygens (including phenoxy) is 1. The summed E-state index contributed by atoms with van der Waals surface area (Å²) in [6.45, 7) is 13.1. The van der Waals surface area contributed by atoms with Crippen LogP contribution in [-0.4, -0.2) is 80.2 Å².